The zero-order valence-electron chi connectivity index (χ0n) is 13.6. The minimum atomic E-state index is -0.108. The number of nitriles is 1. The van der Waals surface area contributed by atoms with Gasteiger partial charge in [-0.2, -0.15) is 10.2 Å². The third-order valence-electron chi connectivity index (χ3n) is 3.54. The molecule has 1 heterocycles. The van der Waals surface area contributed by atoms with E-state index in [0.717, 1.165) is 10.2 Å². The molecule has 0 spiro atoms. The fraction of sp³-hybridized carbons (Fsp3) is 0.0526. The van der Waals surface area contributed by atoms with Gasteiger partial charge in [-0.1, -0.05) is 28.1 Å². The Bertz CT molecular complexity index is 968. The molecule has 3 rings (SSSR count). The molecule has 0 fully saturated rings. The Morgan fingerprint density at radius 2 is 1.96 bits per heavy atom. The van der Waals surface area contributed by atoms with Gasteiger partial charge in [0.25, 0.3) is 0 Å². The van der Waals surface area contributed by atoms with Crippen molar-refractivity contribution in [2.75, 3.05) is 11.1 Å². The van der Waals surface area contributed by atoms with E-state index in [4.69, 9.17) is 10.5 Å². The minimum absolute atomic E-state index is 0.0993. The third-order valence-corrected chi connectivity index (χ3v) is 4.07. The van der Waals surface area contributed by atoms with Crippen LogP contribution < -0.4 is 15.8 Å². The number of aliphatic hydroxyl groups excluding tert-OH is 1. The van der Waals surface area contributed by atoms with E-state index in [1.165, 1.54) is 0 Å². The first kappa shape index (κ1) is 17.7. The van der Waals surface area contributed by atoms with Crippen LogP contribution in [0.15, 0.2) is 59.1 Å². The van der Waals surface area contributed by atoms with Gasteiger partial charge >= 0.3 is 0 Å². The van der Waals surface area contributed by atoms with Gasteiger partial charge in [0, 0.05) is 16.2 Å². The summed E-state index contributed by atoms with van der Waals surface area (Å²) in [6, 6.07) is 18.1. The second kappa shape index (κ2) is 7.87. The van der Waals surface area contributed by atoms with Crippen LogP contribution in [0, 0.1) is 11.3 Å². The Morgan fingerprint density at radius 1 is 1.19 bits per heavy atom. The van der Waals surface area contributed by atoms with Crippen LogP contribution in [-0.4, -0.2) is 10.1 Å². The van der Waals surface area contributed by atoms with Crippen molar-refractivity contribution >= 4 is 33.1 Å². The molecule has 0 saturated heterocycles. The number of ether oxygens (including phenoxy) is 1. The van der Waals surface area contributed by atoms with Crippen LogP contribution in [0.4, 0.5) is 17.2 Å². The summed E-state index contributed by atoms with van der Waals surface area (Å²) >= 11 is 3.38. The SMILES string of the molecule is N#Cc1c(N)cc(Nc2ccc(Br)cc2)nc1Oc1cccc(CO)c1. The highest BCUT2D eigenvalue weighted by atomic mass is 79.9. The molecule has 0 amide bonds. The van der Waals surface area contributed by atoms with Crippen molar-refractivity contribution in [3.05, 3.63) is 70.2 Å². The van der Waals surface area contributed by atoms with Crippen molar-refractivity contribution in [2.24, 2.45) is 0 Å². The van der Waals surface area contributed by atoms with Crippen molar-refractivity contribution in [2.45, 2.75) is 6.61 Å². The van der Waals surface area contributed by atoms with Crippen LogP contribution in [-0.2, 0) is 6.61 Å². The fourth-order valence-electron chi connectivity index (χ4n) is 2.29. The van der Waals surface area contributed by atoms with E-state index in [-0.39, 0.29) is 23.7 Å². The van der Waals surface area contributed by atoms with E-state index in [9.17, 15) is 10.4 Å². The fourth-order valence-corrected chi connectivity index (χ4v) is 2.56. The average Bonchev–Trinajstić information content (AvgIpc) is 2.64. The summed E-state index contributed by atoms with van der Waals surface area (Å²) in [5.41, 5.74) is 7.91. The summed E-state index contributed by atoms with van der Waals surface area (Å²) in [5.74, 6) is 1.01. The molecule has 2 aromatic carbocycles. The summed E-state index contributed by atoms with van der Waals surface area (Å²) in [6.07, 6.45) is 0. The molecule has 3 aromatic rings. The molecular formula is C19H15BrN4O2. The number of pyridine rings is 1. The van der Waals surface area contributed by atoms with Gasteiger partial charge < -0.3 is 20.9 Å². The minimum Gasteiger partial charge on any atom is -0.438 e. The van der Waals surface area contributed by atoms with Crippen LogP contribution in [0.2, 0.25) is 0 Å². The molecule has 0 bridgehead atoms. The number of halogens is 1. The number of aliphatic hydroxyl groups is 1. The Kier molecular flexibility index (Phi) is 5.37. The largest absolute Gasteiger partial charge is 0.438 e. The van der Waals surface area contributed by atoms with Crippen molar-refractivity contribution in [3.8, 4) is 17.7 Å². The number of nitrogens with zero attached hydrogens (tertiary/aromatic N) is 2. The van der Waals surface area contributed by atoms with Crippen molar-refractivity contribution in [1.82, 2.24) is 4.98 Å². The number of rotatable bonds is 5. The maximum atomic E-state index is 9.37. The molecule has 0 saturated carbocycles. The molecule has 130 valence electrons. The van der Waals surface area contributed by atoms with Gasteiger partial charge in [-0.3, -0.25) is 0 Å². The van der Waals surface area contributed by atoms with E-state index >= 15 is 0 Å². The number of hydrogen-bond acceptors (Lipinski definition) is 6. The quantitative estimate of drug-likeness (QED) is 0.578. The van der Waals surface area contributed by atoms with Gasteiger partial charge in [-0.25, -0.2) is 0 Å². The molecule has 26 heavy (non-hydrogen) atoms. The number of nitrogens with one attached hydrogen (secondary N) is 1. The van der Waals surface area contributed by atoms with Crippen LogP contribution in [0.5, 0.6) is 11.6 Å². The normalized spacial score (nSPS) is 10.2. The second-order valence-electron chi connectivity index (χ2n) is 5.43. The molecule has 0 aliphatic heterocycles. The first-order valence-corrected chi connectivity index (χ1v) is 8.49. The molecule has 0 unspecified atom stereocenters. The predicted molar refractivity (Wildman–Crippen MR) is 103 cm³/mol. The molecule has 7 heteroatoms. The summed E-state index contributed by atoms with van der Waals surface area (Å²) in [5, 5.41) is 21.7. The summed E-state index contributed by atoms with van der Waals surface area (Å²) in [6.45, 7) is -0.108. The number of benzene rings is 2. The number of nitrogen functional groups attached to an aromatic ring is 1. The first-order valence-electron chi connectivity index (χ1n) is 7.70. The van der Waals surface area contributed by atoms with E-state index in [1.54, 1.807) is 30.3 Å². The van der Waals surface area contributed by atoms with Crippen molar-refractivity contribution in [1.29, 1.82) is 5.26 Å². The maximum absolute atomic E-state index is 9.37. The number of nitrogens with two attached hydrogens (primary N) is 1. The van der Waals surface area contributed by atoms with Crippen LogP contribution in [0.25, 0.3) is 0 Å². The van der Waals surface area contributed by atoms with Crippen LogP contribution in [0.1, 0.15) is 11.1 Å². The monoisotopic (exact) mass is 410 g/mol. The van der Waals surface area contributed by atoms with Gasteiger partial charge in [0.1, 0.15) is 23.2 Å². The zero-order valence-corrected chi connectivity index (χ0v) is 15.2. The molecule has 0 aliphatic rings. The lowest BCUT2D eigenvalue weighted by Gasteiger charge is -2.12. The van der Waals surface area contributed by atoms with Gasteiger partial charge in [0.05, 0.1) is 12.3 Å². The molecule has 0 atom stereocenters. The third kappa shape index (κ3) is 4.11. The van der Waals surface area contributed by atoms with Crippen LogP contribution >= 0.6 is 15.9 Å². The topological polar surface area (TPSA) is 104 Å². The Labute approximate surface area is 159 Å². The number of hydrogen-bond donors (Lipinski definition) is 3. The summed E-state index contributed by atoms with van der Waals surface area (Å²) in [4.78, 5) is 4.36. The van der Waals surface area contributed by atoms with Crippen molar-refractivity contribution < 1.29 is 9.84 Å². The molecular weight excluding hydrogens is 396 g/mol. The molecule has 0 radical (unpaired) electrons. The lowest BCUT2D eigenvalue weighted by molar-refractivity contribution is 0.281. The van der Waals surface area contributed by atoms with E-state index < -0.39 is 0 Å². The standard InChI is InChI=1S/C19H15BrN4O2/c20-13-4-6-14(7-5-13)23-18-9-17(22)16(10-21)19(24-18)26-15-3-1-2-12(8-15)11-25/h1-9,25H,11H2,(H3,22,23,24). The predicted octanol–water partition coefficient (Wildman–Crippen LogP) is 4.33. The Balaban J connectivity index is 1.93. The smallest absolute Gasteiger partial charge is 0.241 e. The van der Waals surface area contributed by atoms with E-state index in [0.29, 0.717) is 17.1 Å². The second-order valence-corrected chi connectivity index (χ2v) is 6.34. The highest BCUT2D eigenvalue weighted by Crippen LogP contribution is 2.31. The van der Waals surface area contributed by atoms with Crippen LogP contribution in [0.3, 0.4) is 0 Å². The highest BCUT2D eigenvalue weighted by molar-refractivity contribution is 9.10. The van der Waals surface area contributed by atoms with Gasteiger partial charge in [-0.05, 0) is 42.0 Å². The number of aromatic nitrogens is 1. The van der Waals surface area contributed by atoms with Gasteiger partial charge in [-0.15, -0.1) is 0 Å². The lowest BCUT2D eigenvalue weighted by atomic mass is 10.2. The Morgan fingerprint density at radius 3 is 2.65 bits per heavy atom. The molecule has 4 N–H and O–H groups in total. The van der Waals surface area contributed by atoms with E-state index in [2.05, 4.69) is 26.2 Å². The highest BCUT2D eigenvalue weighted by Gasteiger charge is 2.13. The zero-order chi connectivity index (χ0) is 18.5. The van der Waals surface area contributed by atoms with Gasteiger partial charge in [0.15, 0.2) is 0 Å². The first-order chi connectivity index (χ1) is 12.6. The molecule has 1 aromatic heterocycles. The molecule has 0 aliphatic carbocycles. The summed E-state index contributed by atoms with van der Waals surface area (Å²) in [7, 11) is 0. The maximum Gasteiger partial charge on any atom is 0.241 e. The van der Waals surface area contributed by atoms with E-state index in [1.807, 2.05) is 30.3 Å². The number of anilines is 3. The Hall–Kier alpha value is -3.08. The van der Waals surface area contributed by atoms with Crippen molar-refractivity contribution in [3.63, 3.8) is 0 Å². The average molecular weight is 411 g/mol. The van der Waals surface area contributed by atoms with Gasteiger partial charge in [0.2, 0.25) is 5.88 Å². The molecule has 6 nitrogen and oxygen atoms in total. The lowest BCUT2D eigenvalue weighted by Crippen LogP contribution is -2.02. The summed E-state index contributed by atoms with van der Waals surface area (Å²) < 4.78 is 6.71.